The molecule has 4 heteroatoms. The molecule has 19 heavy (non-hydrogen) atoms. The molecule has 1 atom stereocenters. The van der Waals surface area contributed by atoms with Gasteiger partial charge in [0.2, 0.25) is 0 Å². The molecular formula is C15H25N3O. The van der Waals surface area contributed by atoms with Crippen LogP contribution in [0.25, 0.3) is 0 Å². The molecule has 0 aliphatic carbocycles. The Balaban J connectivity index is 2.20. The molecule has 0 saturated carbocycles. The zero-order valence-corrected chi connectivity index (χ0v) is 12.4. The first kappa shape index (κ1) is 14.0. The van der Waals surface area contributed by atoms with E-state index < -0.39 is 0 Å². The van der Waals surface area contributed by atoms with Crippen molar-refractivity contribution < 1.29 is 4.74 Å². The van der Waals surface area contributed by atoms with E-state index in [4.69, 9.17) is 10.5 Å². The number of likely N-dealkylation sites (N-methyl/N-ethyl adjacent to an activating group) is 1. The van der Waals surface area contributed by atoms with Crippen molar-refractivity contribution >= 4 is 11.4 Å². The molecule has 0 aromatic heterocycles. The number of nitrogens with zero attached hydrogens (tertiary/aromatic N) is 2. The van der Waals surface area contributed by atoms with Crippen LogP contribution in [-0.2, 0) is 0 Å². The molecule has 1 unspecified atom stereocenters. The van der Waals surface area contributed by atoms with Gasteiger partial charge in [0, 0.05) is 37.4 Å². The molecule has 1 aliphatic heterocycles. The van der Waals surface area contributed by atoms with Gasteiger partial charge in [-0.25, -0.2) is 0 Å². The van der Waals surface area contributed by atoms with Gasteiger partial charge in [-0.1, -0.05) is 0 Å². The first-order valence-corrected chi connectivity index (χ1v) is 6.98. The standard InChI is InChI=1S/C15H25N3O/c1-11(2)19-15-9-13(5-6-14(15)16)18-8-7-17(4)10-12(18)3/h5-6,9,11-12H,7-8,10,16H2,1-4H3. The lowest BCUT2D eigenvalue weighted by atomic mass is 10.1. The maximum absolute atomic E-state index is 5.97. The van der Waals surface area contributed by atoms with Crippen molar-refractivity contribution in [3.05, 3.63) is 18.2 Å². The second kappa shape index (κ2) is 5.70. The Morgan fingerprint density at radius 1 is 1.32 bits per heavy atom. The van der Waals surface area contributed by atoms with E-state index in [1.54, 1.807) is 0 Å². The van der Waals surface area contributed by atoms with Crippen LogP contribution in [0.4, 0.5) is 11.4 Å². The third-order valence-electron chi connectivity index (χ3n) is 3.52. The number of ether oxygens (including phenoxy) is 1. The monoisotopic (exact) mass is 263 g/mol. The van der Waals surface area contributed by atoms with Crippen LogP contribution in [0, 0.1) is 0 Å². The Bertz CT molecular complexity index is 433. The molecule has 4 nitrogen and oxygen atoms in total. The Hall–Kier alpha value is -1.42. The van der Waals surface area contributed by atoms with Crippen molar-refractivity contribution in [3.8, 4) is 5.75 Å². The molecule has 1 aliphatic rings. The van der Waals surface area contributed by atoms with Crippen molar-refractivity contribution in [3.63, 3.8) is 0 Å². The van der Waals surface area contributed by atoms with Gasteiger partial charge in [-0.2, -0.15) is 0 Å². The summed E-state index contributed by atoms with van der Waals surface area (Å²) < 4.78 is 5.77. The molecule has 106 valence electrons. The van der Waals surface area contributed by atoms with Gasteiger partial charge in [0.25, 0.3) is 0 Å². The van der Waals surface area contributed by atoms with Gasteiger partial charge in [-0.15, -0.1) is 0 Å². The number of rotatable bonds is 3. The number of anilines is 2. The molecule has 1 aromatic rings. The van der Waals surface area contributed by atoms with E-state index in [0.717, 1.165) is 25.4 Å². The van der Waals surface area contributed by atoms with Gasteiger partial charge in [0.15, 0.2) is 0 Å². The van der Waals surface area contributed by atoms with E-state index in [2.05, 4.69) is 35.9 Å². The average Bonchev–Trinajstić information content (AvgIpc) is 2.32. The Morgan fingerprint density at radius 2 is 2.05 bits per heavy atom. The summed E-state index contributed by atoms with van der Waals surface area (Å²) in [6.45, 7) is 9.52. The van der Waals surface area contributed by atoms with Gasteiger partial charge in [0.1, 0.15) is 5.75 Å². The van der Waals surface area contributed by atoms with Crippen LogP contribution in [0.5, 0.6) is 5.75 Å². The summed E-state index contributed by atoms with van der Waals surface area (Å²) in [6.07, 6.45) is 0.141. The maximum Gasteiger partial charge on any atom is 0.144 e. The highest BCUT2D eigenvalue weighted by molar-refractivity contribution is 5.63. The van der Waals surface area contributed by atoms with Gasteiger partial charge < -0.3 is 20.3 Å². The number of nitrogens with two attached hydrogens (primary N) is 1. The van der Waals surface area contributed by atoms with Gasteiger partial charge in [0.05, 0.1) is 11.8 Å². The van der Waals surface area contributed by atoms with Crippen LogP contribution in [0.15, 0.2) is 18.2 Å². The summed E-state index contributed by atoms with van der Waals surface area (Å²) in [7, 11) is 2.17. The first-order chi connectivity index (χ1) is 8.97. The molecule has 2 N–H and O–H groups in total. The number of hydrogen-bond donors (Lipinski definition) is 1. The number of hydrogen-bond acceptors (Lipinski definition) is 4. The third kappa shape index (κ3) is 3.32. The highest BCUT2D eigenvalue weighted by Gasteiger charge is 2.22. The lowest BCUT2D eigenvalue weighted by Gasteiger charge is -2.40. The van der Waals surface area contributed by atoms with Crippen LogP contribution in [0.3, 0.4) is 0 Å². The summed E-state index contributed by atoms with van der Waals surface area (Å²) >= 11 is 0. The molecule has 2 rings (SSSR count). The van der Waals surface area contributed by atoms with Crippen molar-refractivity contribution in [2.45, 2.75) is 32.9 Å². The molecule has 1 aromatic carbocycles. The highest BCUT2D eigenvalue weighted by Crippen LogP contribution is 2.30. The zero-order valence-electron chi connectivity index (χ0n) is 12.4. The van der Waals surface area contributed by atoms with E-state index in [-0.39, 0.29) is 6.10 Å². The summed E-state index contributed by atoms with van der Waals surface area (Å²) in [4.78, 5) is 4.79. The van der Waals surface area contributed by atoms with Crippen molar-refractivity contribution in [1.82, 2.24) is 4.90 Å². The molecule has 0 amide bonds. The van der Waals surface area contributed by atoms with E-state index in [1.807, 2.05) is 19.9 Å². The van der Waals surface area contributed by atoms with Crippen LogP contribution in [0.1, 0.15) is 20.8 Å². The van der Waals surface area contributed by atoms with Crippen molar-refractivity contribution in [1.29, 1.82) is 0 Å². The number of nitrogen functional groups attached to an aromatic ring is 1. The van der Waals surface area contributed by atoms with E-state index >= 15 is 0 Å². The molecule has 0 radical (unpaired) electrons. The van der Waals surface area contributed by atoms with E-state index in [0.29, 0.717) is 11.7 Å². The third-order valence-corrected chi connectivity index (χ3v) is 3.52. The molecule has 1 heterocycles. The fourth-order valence-electron chi connectivity index (χ4n) is 2.58. The van der Waals surface area contributed by atoms with E-state index in [9.17, 15) is 0 Å². The summed E-state index contributed by atoms with van der Waals surface area (Å²) in [5.41, 5.74) is 7.88. The fourth-order valence-corrected chi connectivity index (χ4v) is 2.58. The normalized spacial score (nSPS) is 20.9. The average molecular weight is 263 g/mol. The smallest absolute Gasteiger partial charge is 0.144 e. The number of piperazine rings is 1. The van der Waals surface area contributed by atoms with Gasteiger partial charge in [-0.3, -0.25) is 0 Å². The second-order valence-electron chi connectivity index (χ2n) is 5.69. The summed E-state index contributed by atoms with van der Waals surface area (Å²) in [6, 6.07) is 6.61. The number of benzene rings is 1. The highest BCUT2D eigenvalue weighted by atomic mass is 16.5. The molecule has 0 bridgehead atoms. The molecule has 1 fully saturated rings. The Morgan fingerprint density at radius 3 is 2.68 bits per heavy atom. The minimum Gasteiger partial charge on any atom is -0.489 e. The van der Waals surface area contributed by atoms with Crippen LogP contribution >= 0.6 is 0 Å². The molecule has 0 spiro atoms. The summed E-state index contributed by atoms with van der Waals surface area (Å²) in [5, 5.41) is 0. The topological polar surface area (TPSA) is 41.7 Å². The largest absolute Gasteiger partial charge is 0.489 e. The first-order valence-electron chi connectivity index (χ1n) is 6.98. The Kier molecular flexibility index (Phi) is 4.20. The molecule has 1 saturated heterocycles. The molecular weight excluding hydrogens is 238 g/mol. The predicted octanol–water partition coefficient (Wildman–Crippen LogP) is 2.20. The van der Waals surface area contributed by atoms with Gasteiger partial charge in [-0.05, 0) is 40.0 Å². The lowest BCUT2D eigenvalue weighted by molar-refractivity contribution is 0.243. The minimum absolute atomic E-state index is 0.141. The van der Waals surface area contributed by atoms with Crippen LogP contribution < -0.4 is 15.4 Å². The van der Waals surface area contributed by atoms with E-state index in [1.165, 1.54) is 5.69 Å². The lowest BCUT2D eigenvalue weighted by Crippen LogP contribution is -2.50. The van der Waals surface area contributed by atoms with Gasteiger partial charge >= 0.3 is 0 Å². The Labute approximate surface area is 116 Å². The van der Waals surface area contributed by atoms with Crippen molar-refractivity contribution in [2.75, 3.05) is 37.3 Å². The maximum atomic E-state index is 5.97. The second-order valence-corrected chi connectivity index (χ2v) is 5.69. The zero-order chi connectivity index (χ0) is 14.0. The van der Waals surface area contributed by atoms with Crippen LogP contribution in [-0.4, -0.2) is 43.7 Å². The summed E-state index contributed by atoms with van der Waals surface area (Å²) in [5.74, 6) is 0.790. The quantitative estimate of drug-likeness (QED) is 0.849. The van der Waals surface area contributed by atoms with Crippen molar-refractivity contribution in [2.24, 2.45) is 0 Å². The SMILES string of the molecule is CC(C)Oc1cc(N2CCN(C)CC2C)ccc1N. The predicted molar refractivity (Wildman–Crippen MR) is 80.9 cm³/mol. The fraction of sp³-hybridized carbons (Fsp3) is 0.600. The van der Waals surface area contributed by atoms with Crippen LogP contribution in [0.2, 0.25) is 0 Å². The minimum atomic E-state index is 0.141.